The molecule has 0 unspecified atom stereocenters. The molecule has 1 aliphatic rings. The third-order valence-electron chi connectivity index (χ3n) is 2.44. The fourth-order valence-corrected chi connectivity index (χ4v) is 2.29. The molecule has 1 saturated carbocycles. The zero-order chi connectivity index (χ0) is 10.2. The first kappa shape index (κ1) is 11.9. The molecular formula is C10H19NO2S. The van der Waals surface area contributed by atoms with E-state index in [1.54, 1.807) is 0 Å². The predicted molar refractivity (Wildman–Crippen MR) is 59.4 cm³/mol. The van der Waals surface area contributed by atoms with E-state index in [0.717, 1.165) is 12.8 Å². The first-order valence-electron chi connectivity index (χ1n) is 5.31. The summed E-state index contributed by atoms with van der Waals surface area (Å²) in [5, 5.41) is 11.6. The van der Waals surface area contributed by atoms with Crippen molar-refractivity contribution in [3.8, 4) is 0 Å². The molecule has 1 amide bonds. The van der Waals surface area contributed by atoms with E-state index in [1.807, 2.05) is 0 Å². The quantitative estimate of drug-likeness (QED) is 0.679. The van der Waals surface area contributed by atoms with Gasteiger partial charge in [0, 0.05) is 11.8 Å². The number of carbonyl (C=O) groups excluding carboxylic acids is 1. The Morgan fingerprint density at radius 2 is 2.07 bits per heavy atom. The number of aliphatic hydroxyl groups excluding tert-OH is 1. The van der Waals surface area contributed by atoms with E-state index in [1.165, 1.54) is 31.0 Å². The van der Waals surface area contributed by atoms with Gasteiger partial charge in [0.15, 0.2) is 0 Å². The van der Waals surface area contributed by atoms with Crippen LogP contribution in [0.5, 0.6) is 0 Å². The molecule has 1 aliphatic carbocycles. The molecule has 0 heterocycles. The van der Waals surface area contributed by atoms with Crippen molar-refractivity contribution in [1.29, 1.82) is 0 Å². The minimum atomic E-state index is 0.121. The van der Waals surface area contributed by atoms with Crippen molar-refractivity contribution in [3.05, 3.63) is 0 Å². The summed E-state index contributed by atoms with van der Waals surface area (Å²) < 4.78 is 0. The van der Waals surface area contributed by atoms with Crippen molar-refractivity contribution < 1.29 is 9.90 Å². The van der Waals surface area contributed by atoms with Crippen molar-refractivity contribution >= 4 is 17.7 Å². The van der Waals surface area contributed by atoms with Crippen LogP contribution in [0, 0.1) is 0 Å². The number of aliphatic hydroxyl groups is 1. The normalized spacial score (nSPS) is 18.1. The molecule has 4 heteroatoms. The van der Waals surface area contributed by atoms with E-state index < -0.39 is 0 Å². The van der Waals surface area contributed by atoms with E-state index in [2.05, 4.69) is 5.32 Å². The molecule has 1 fully saturated rings. The van der Waals surface area contributed by atoms with Crippen LogP contribution in [0.3, 0.4) is 0 Å². The number of rotatable bonds is 5. The van der Waals surface area contributed by atoms with Crippen molar-refractivity contribution in [3.63, 3.8) is 0 Å². The fraction of sp³-hybridized carbons (Fsp3) is 0.900. The van der Waals surface area contributed by atoms with Gasteiger partial charge < -0.3 is 10.4 Å². The topological polar surface area (TPSA) is 49.3 Å². The van der Waals surface area contributed by atoms with E-state index in [0.29, 0.717) is 17.5 Å². The number of hydrogen-bond acceptors (Lipinski definition) is 3. The van der Waals surface area contributed by atoms with E-state index in [-0.39, 0.29) is 12.5 Å². The molecule has 82 valence electrons. The summed E-state index contributed by atoms with van der Waals surface area (Å²) in [4.78, 5) is 11.4. The molecule has 0 aromatic rings. The average Bonchev–Trinajstić information content (AvgIpc) is 2.20. The molecule has 3 nitrogen and oxygen atoms in total. The molecule has 14 heavy (non-hydrogen) atoms. The lowest BCUT2D eigenvalue weighted by Crippen LogP contribution is -2.37. The Labute approximate surface area is 89.6 Å². The molecule has 1 rings (SSSR count). The molecule has 0 aromatic carbocycles. The maximum atomic E-state index is 11.4. The highest BCUT2D eigenvalue weighted by Crippen LogP contribution is 2.17. The van der Waals surface area contributed by atoms with E-state index >= 15 is 0 Å². The van der Waals surface area contributed by atoms with Gasteiger partial charge in [0.2, 0.25) is 5.91 Å². The second kappa shape index (κ2) is 7.12. The van der Waals surface area contributed by atoms with Gasteiger partial charge in [-0.15, -0.1) is 11.8 Å². The van der Waals surface area contributed by atoms with Crippen molar-refractivity contribution in [2.75, 3.05) is 18.1 Å². The first-order valence-corrected chi connectivity index (χ1v) is 6.46. The van der Waals surface area contributed by atoms with Crippen molar-refractivity contribution in [1.82, 2.24) is 5.32 Å². The van der Waals surface area contributed by atoms with Crippen molar-refractivity contribution in [2.24, 2.45) is 0 Å². The minimum Gasteiger partial charge on any atom is -0.396 e. The van der Waals surface area contributed by atoms with Crippen LogP contribution in [0.2, 0.25) is 0 Å². The SMILES string of the molecule is O=C(CSCCO)NC1CCCCC1. The number of nitrogens with one attached hydrogen (secondary N) is 1. The highest BCUT2D eigenvalue weighted by molar-refractivity contribution is 7.99. The maximum absolute atomic E-state index is 11.4. The van der Waals surface area contributed by atoms with E-state index in [4.69, 9.17) is 5.11 Å². The Morgan fingerprint density at radius 1 is 1.36 bits per heavy atom. The molecule has 0 radical (unpaired) electrons. The van der Waals surface area contributed by atoms with Crippen LogP contribution in [0.15, 0.2) is 0 Å². The van der Waals surface area contributed by atoms with Crippen LogP contribution in [-0.4, -0.2) is 35.2 Å². The lowest BCUT2D eigenvalue weighted by Gasteiger charge is -2.22. The average molecular weight is 217 g/mol. The zero-order valence-electron chi connectivity index (χ0n) is 8.50. The van der Waals surface area contributed by atoms with Gasteiger partial charge >= 0.3 is 0 Å². The van der Waals surface area contributed by atoms with Gasteiger partial charge in [-0.25, -0.2) is 0 Å². The second-order valence-electron chi connectivity index (χ2n) is 3.68. The van der Waals surface area contributed by atoms with Gasteiger partial charge in [-0.2, -0.15) is 0 Å². The van der Waals surface area contributed by atoms with Crippen LogP contribution in [0.4, 0.5) is 0 Å². The molecular weight excluding hydrogens is 198 g/mol. The number of hydrogen-bond donors (Lipinski definition) is 2. The van der Waals surface area contributed by atoms with Gasteiger partial charge in [-0.3, -0.25) is 4.79 Å². The molecule has 0 spiro atoms. The Morgan fingerprint density at radius 3 is 2.71 bits per heavy atom. The summed E-state index contributed by atoms with van der Waals surface area (Å²) in [6.45, 7) is 0.154. The molecule has 0 aliphatic heterocycles. The Bertz CT molecular complexity index is 170. The Balaban J connectivity index is 2.06. The minimum absolute atomic E-state index is 0.121. The van der Waals surface area contributed by atoms with Gasteiger partial charge in [-0.05, 0) is 12.8 Å². The predicted octanol–water partition coefficient (Wildman–Crippen LogP) is 1.16. The standard InChI is InChI=1S/C10H19NO2S/c12-6-7-14-8-10(13)11-9-4-2-1-3-5-9/h9,12H,1-8H2,(H,11,13). The van der Waals surface area contributed by atoms with Gasteiger partial charge in [0.1, 0.15) is 0 Å². The highest BCUT2D eigenvalue weighted by Gasteiger charge is 2.14. The lowest BCUT2D eigenvalue weighted by molar-refractivity contribution is -0.119. The van der Waals surface area contributed by atoms with Crippen LogP contribution in [0.1, 0.15) is 32.1 Å². The summed E-state index contributed by atoms with van der Waals surface area (Å²) in [7, 11) is 0. The summed E-state index contributed by atoms with van der Waals surface area (Å²) in [6, 6.07) is 0.408. The molecule has 2 N–H and O–H groups in total. The Kier molecular flexibility index (Phi) is 6.03. The Hall–Kier alpha value is -0.220. The third kappa shape index (κ3) is 4.86. The van der Waals surface area contributed by atoms with Crippen molar-refractivity contribution in [2.45, 2.75) is 38.1 Å². The fourth-order valence-electron chi connectivity index (χ4n) is 1.75. The van der Waals surface area contributed by atoms with E-state index in [9.17, 15) is 4.79 Å². The summed E-state index contributed by atoms with van der Waals surface area (Å²) in [5.41, 5.74) is 0. The smallest absolute Gasteiger partial charge is 0.230 e. The zero-order valence-corrected chi connectivity index (χ0v) is 9.31. The first-order chi connectivity index (χ1) is 6.83. The second-order valence-corrected chi connectivity index (χ2v) is 4.78. The molecule has 0 aromatic heterocycles. The number of amides is 1. The molecule has 0 bridgehead atoms. The van der Waals surface area contributed by atoms with Crippen LogP contribution >= 0.6 is 11.8 Å². The molecule has 0 saturated heterocycles. The monoisotopic (exact) mass is 217 g/mol. The highest BCUT2D eigenvalue weighted by atomic mass is 32.2. The number of thioether (sulfide) groups is 1. The van der Waals surface area contributed by atoms with Crippen LogP contribution in [-0.2, 0) is 4.79 Å². The largest absolute Gasteiger partial charge is 0.396 e. The van der Waals surface area contributed by atoms with Gasteiger partial charge in [0.25, 0.3) is 0 Å². The molecule has 0 atom stereocenters. The number of carbonyl (C=O) groups is 1. The summed E-state index contributed by atoms with van der Waals surface area (Å²) in [6.07, 6.45) is 6.07. The summed E-state index contributed by atoms with van der Waals surface area (Å²) in [5.74, 6) is 1.25. The van der Waals surface area contributed by atoms with Gasteiger partial charge in [0.05, 0.1) is 12.4 Å². The lowest BCUT2D eigenvalue weighted by atomic mass is 9.95. The summed E-state index contributed by atoms with van der Waals surface area (Å²) >= 11 is 1.49. The maximum Gasteiger partial charge on any atom is 0.230 e. The van der Waals surface area contributed by atoms with Gasteiger partial charge in [-0.1, -0.05) is 19.3 Å². The third-order valence-corrected chi connectivity index (χ3v) is 3.38. The van der Waals surface area contributed by atoms with Crippen LogP contribution < -0.4 is 5.32 Å². The van der Waals surface area contributed by atoms with Crippen LogP contribution in [0.25, 0.3) is 0 Å².